The maximum Gasteiger partial charge on any atom is 0.304 e. The minimum atomic E-state index is -0.0296. The first-order valence-electron chi connectivity index (χ1n) is 5.06. The van der Waals surface area contributed by atoms with Gasteiger partial charge in [-0.3, -0.25) is 14.5 Å². The van der Waals surface area contributed by atoms with Crippen LogP contribution in [-0.4, -0.2) is 19.7 Å². The Balaban J connectivity index is 1.96. The van der Waals surface area contributed by atoms with Crippen molar-refractivity contribution in [2.24, 2.45) is 0 Å². The van der Waals surface area contributed by atoms with Crippen molar-refractivity contribution in [2.75, 3.05) is 0 Å². The Morgan fingerprint density at radius 2 is 2.44 bits per heavy atom. The Morgan fingerprint density at radius 3 is 3.06 bits per heavy atom. The average Bonchev–Trinajstić information content (AvgIpc) is 2.93. The predicted octanol–water partition coefficient (Wildman–Crippen LogP) is 1.62. The molecule has 84 valence electrons. The molecule has 0 saturated heterocycles. The fourth-order valence-corrected chi connectivity index (χ4v) is 2.47. The maximum absolute atomic E-state index is 11.0. The third-order valence-corrected chi connectivity index (χ3v) is 3.66. The summed E-state index contributed by atoms with van der Waals surface area (Å²) in [7, 11) is 0. The number of rotatable bonds is 3. The molecule has 1 saturated carbocycles. The molecule has 2 N–H and O–H groups in total. The van der Waals surface area contributed by atoms with Gasteiger partial charge in [0.1, 0.15) is 5.82 Å². The van der Waals surface area contributed by atoms with Gasteiger partial charge in [-0.15, -0.1) is 0 Å². The largest absolute Gasteiger partial charge is 0.315 e. The molecule has 5 nitrogen and oxygen atoms in total. The van der Waals surface area contributed by atoms with Gasteiger partial charge in [0.2, 0.25) is 0 Å². The summed E-state index contributed by atoms with van der Waals surface area (Å²) in [6.45, 7) is 0.597. The summed E-state index contributed by atoms with van der Waals surface area (Å²) in [5.41, 5.74) is 0.884. The van der Waals surface area contributed by atoms with Crippen LogP contribution in [0.2, 0.25) is 0 Å². The smallest absolute Gasteiger partial charge is 0.304 e. The molecule has 2 aromatic rings. The SMILES string of the molecule is O=c1[nH]c(Cn2c(C3CC3)n[nH]c2=S)cs1. The van der Waals surface area contributed by atoms with Crippen LogP contribution in [0.15, 0.2) is 10.2 Å². The molecule has 0 amide bonds. The van der Waals surface area contributed by atoms with E-state index in [4.69, 9.17) is 12.2 Å². The summed E-state index contributed by atoms with van der Waals surface area (Å²) in [6.07, 6.45) is 2.36. The zero-order valence-corrected chi connectivity index (χ0v) is 10.0. The van der Waals surface area contributed by atoms with E-state index in [0.717, 1.165) is 11.5 Å². The molecular weight excluding hydrogens is 244 g/mol. The Labute approximate surface area is 100 Å². The van der Waals surface area contributed by atoms with Crippen molar-refractivity contribution in [3.63, 3.8) is 0 Å². The highest BCUT2D eigenvalue weighted by Gasteiger charge is 2.29. The lowest BCUT2D eigenvalue weighted by Gasteiger charge is -2.03. The molecule has 2 aromatic heterocycles. The Kier molecular flexibility index (Phi) is 2.29. The van der Waals surface area contributed by atoms with Gasteiger partial charge in [0.05, 0.1) is 6.54 Å². The van der Waals surface area contributed by atoms with Crippen LogP contribution >= 0.6 is 23.6 Å². The standard InChI is InChI=1S/C9H10N4OS2/c14-9-10-6(4-16-9)3-13-7(5-1-2-5)11-12-8(13)15/h4-5H,1-3H2,(H,10,14)(H,12,15). The molecular formula is C9H10N4OS2. The third-order valence-electron chi connectivity index (χ3n) is 2.63. The molecule has 0 atom stereocenters. The number of aromatic amines is 2. The van der Waals surface area contributed by atoms with Crippen molar-refractivity contribution >= 4 is 23.6 Å². The molecule has 7 heteroatoms. The minimum absolute atomic E-state index is 0.0296. The quantitative estimate of drug-likeness (QED) is 0.818. The third kappa shape index (κ3) is 1.76. The van der Waals surface area contributed by atoms with Gasteiger partial charge in [-0.25, -0.2) is 0 Å². The normalized spacial score (nSPS) is 15.5. The van der Waals surface area contributed by atoms with Crippen LogP contribution < -0.4 is 4.87 Å². The van der Waals surface area contributed by atoms with Crippen LogP contribution in [0.1, 0.15) is 30.3 Å². The van der Waals surface area contributed by atoms with E-state index in [1.165, 1.54) is 24.2 Å². The Bertz CT molecular complexity index is 616. The van der Waals surface area contributed by atoms with Crippen LogP contribution in [0.5, 0.6) is 0 Å². The summed E-state index contributed by atoms with van der Waals surface area (Å²) in [5, 5.41) is 8.88. The van der Waals surface area contributed by atoms with E-state index in [1.807, 2.05) is 9.95 Å². The highest BCUT2D eigenvalue weighted by Crippen LogP contribution is 2.38. The van der Waals surface area contributed by atoms with E-state index >= 15 is 0 Å². The predicted molar refractivity (Wildman–Crippen MR) is 63.4 cm³/mol. The van der Waals surface area contributed by atoms with Crippen molar-refractivity contribution < 1.29 is 0 Å². The minimum Gasteiger partial charge on any atom is -0.315 e. The number of hydrogen-bond donors (Lipinski definition) is 2. The van der Waals surface area contributed by atoms with Gasteiger partial charge in [-0.1, -0.05) is 11.3 Å². The molecule has 3 rings (SSSR count). The number of nitrogens with one attached hydrogen (secondary N) is 2. The van der Waals surface area contributed by atoms with Crippen LogP contribution in [0.3, 0.4) is 0 Å². The van der Waals surface area contributed by atoms with E-state index in [9.17, 15) is 4.79 Å². The first-order chi connectivity index (χ1) is 7.74. The highest BCUT2D eigenvalue weighted by molar-refractivity contribution is 7.71. The molecule has 0 aliphatic heterocycles. The van der Waals surface area contributed by atoms with Gasteiger partial charge in [-0.05, 0) is 25.1 Å². The molecule has 0 bridgehead atoms. The number of H-pyrrole nitrogens is 2. The molecule has 0 unspecified atom stereocenters. The van der Waals surface area contributed by atoms with Crippen molar-refractivity contribution in [2.45, 2.75) is 25.3 Å². The number of thiazole rings is 1. The van der Waals surface area contributed by atoms with E-state index in [0.29, 0.717) is 17.2 Å². The first kappa shape index (κ1) is 9.98. The van der Waals surface area contributed by atoms with Crippen LogP contribution in [0, 0.1) is 4.77 Å². The van der Waals surface area contributed by atoms with Crippen molar-refractivity contribution in [1.29, 1.82) is 0 Å². The summed E-state index contributed by atoms with van der Waals surface area (Å²) in [5.74, 6) is 1.55. The highest BCUT2D eigenvalue weighted by atomic mass is 32.1. The van der Waals surface area contributed by atoms with Crippen LogP contribution in [0.4, 0.5) is 0 Å². The van der Waals surface area contributed by atoms with Crippen molar-refractivity contribution in [3.8, 4) is 0 Å². The lowest BCUT2D eigenvalue weighted by molar-refractivity contribution is 0.706. The van der Waals surface area contributed by atoms with Crippen molar-refractivity contribution in [1.82, 2.24) is 19.7 Å². The average molecular weight is 254 g/mol. The Morgan fingerprint density at radius 1 is 1.62 bits per heavy atom. The van der Waals surface area contributed by atoms with E-state index in [2.05, 4.69) is 15.2 Å². The van der Waals surface area contributed by atoms with E-state index in [-0.39, 0.29) is 4.87 Å². The summed E-state index contributed by atoms with van der Waals surface area (Å²) in [6, 6.07) is 0. The second-order valence-electron chi connectivity index (χ2n) is 3.92. The molecule has 0 radical (unpaired) electrons. The van der Waals surface area contributed by atoms with E-state index in [1.54, 1.807) is 0 Å². The first-order valence-corrected chi connectivity index (χ1v) is 6.34. The molecule has 0 spiro atoms. The van der Waals surface area contributed by atoms with Gasteiger partial charge in [-0.2, -0.15) is 5.10 Å². The van der Waals surface area contributed by atoms with E-state index < -0.39 is 0 Å². The summed E-state index contributed by atoms with van der Waals surface area (Å²) >= 11 is 6.36. The molecule has 16 heavy (non-hydrogen) atoms. The van der Waals surface area contributed by atoms with Gasteiger partial charge in [0.15, 0.2) is 4.77 Å². The number of hydrogen-bond acceptors (Lipinski definition) is 4. The fourth-order valence-electron chi connectivity index (χ4n) is 1.70. The number of nitrogens with zero attached hydrogens (tertiary/aromatic N) is 2. The molecule has 1 fully saturated rings. The molecule has 2 heterocycles. The number of aromatic nitrogens is 4. The van der Waals surface area contributed by atoms with Crippen molar-refractivity contribution in [3.05, 3.63) is 31.3 Å². The second kappa shape index (κ2) is 3.67. The van der Waals surface area contributed by atoms with Crippen LogP contribution in [0.25, 0.3) is 0 Å². The van der Waals surface area contributed by atoms with Gasteiger partial charge >= 0.3 is 4.87 Å². The topological polar surface area (TPSA) is 66.5 Å². The Hall–Kier alpha value is -1.21. The lowest BCUT2D eigenvalue weighted by Crippen LogP contribution is -2.06. The zero-order chi connectivity index (χ0) is 11.1. The zero-order valence-electron chi connectivity index (χ0n) is 8.40. The second-order valence-corrected chi connectivity index (χ2v) is 5.15. The monoisotopic (exact) mass is 254 g/mol. The molecule has 0 aromatic carbocycles. The van der Waals surface area contributed by atoms with Crippen LogP contribution in [-0.2, 0) is 6.54 Å². The van der Waals surface area contributed by atoms with Gasteiger partial charge in [0, 0.05) is 17.0 Å². The summed E-state index contributed by atoms with van der Waals surface area (Å²) in [4.78, 5) is 13.8. The van der Waals surface area contributed by atoms with Gasteiger partial charge < -0.3 is 4.98 Å². The summed E-state index contributed by atoms with van der Waals surface area (Å²) < 4.78 is 2.58. The fraction of sp³-hybridized carbons (Fsp3) is 0.444. The molecule has 1 aliphatic carbocycles. The molecule has 1 aliphatic rings. The maximum atomic E-state index is 11.0. The van der Waals surface area contributed by atoms with Gasteiger partial charge in [0.25, 0.3) is 0 Å². The lowest BCUT2D eigenvalue weighted by atomic mass is 10.4.